The van der Waals surface area contributed by atoms with Crippen molar-refractivity contribution in [3.63, 3.8) is 0 Å². The normalized spacial score (nSPS) is 10.5. The Morgan fingerprint density at radius 2 is 1.46 bits per heavy atom. The largest absolute Gasteiger partial charge is 0.497 e. The summed E-state index contributed by atoms with van der Waals surface area (Å²) in [5, 5.41) is 6.23. The van der Waals surface area contributed by atoms with E-state index in [2.05, 4.69) is 15.8 Å². The SMILES string of the molecule is CCCOc1ccc(C(=O)Oc2ccc(/C=N\NC(=O)C(=O)Nc3ccc(OC)cc3)cc2)cc1. The van der Waals surface area contributed by atoms with Crippen molar-refractivity contribution >= 4 is 29.7 Å². The van der Waals surface area contributed by atoms with E-state index in [0.717, 1.165) is 6.42 Å². The molecule has 0 saturated heterocycles. The molecule has 3 rings (SSSR count). The van der Waals surface area contributed by atoms with Gasteiger partial charge in [0.05, 0.1) is 25.5 Å². The number of nitrogens with one attached hydrogen (secondary N) is 2. The maximum atomic E-state index is 12.3. The highest BCUT2D eigenvalue weighted by Gasteiger charge is 2.13. The number of rotatable bonds is 9. The van der Waals surface area contributed by atoms with E-state index in [0.29, 0.717) is 40.7 Å². The van der Waals surface area contributed by atoms with Crippen molar-refractivity contribution in [2.45, 2.75) is 13.3 Å². The molecule has 3 aromatic carbocycles. The summed E-state index contributed by atoms with van der Waals surface area (Å²) < 4.78 is 15.9. The first kappa shape index (κ1) is 25.0. The monoisotopic (exact) mass is 475 g/mol. The van der Waals surface area contributed by atoms with Gasteiger partial charge in [0.15, 0.2) is 0 Å². The molecule has 0 spiro atoms. The van der Waals surface area contributed by atoms with E-state index in [1.165, 1.54) is 13.3 Å². The van der Waals surface area contributed by atoms with Crippen LogP contribution in [0.4, 0.5) is 5.69 Å². The van der Waals surface area contributed by atoms with Gasteiger partial charge in [-0.25, -0.2) is 10.2 Å². The molecule has 0 aliphatic carbocycles. The summed E-state index contributed by atoms with van der Waals surface area (Å²) in [6.07, 6.45) is 2.26. The summed E-state index contributed by atoms with van der Waals surface area (Å²) in [5.74, 6) is -0.611. The van der Waals surface area contributed by atoms with Crippen LogP contribution in [0.3, 0.4) is 0 Å². The van der Waals surface area contributed by atoms with E-state index >= 15 is 0 Å². The first-order valence-corrected chi connectivity index (χ1v) is 10.8. The lowest BCUT2D eigenvalue weighted by atomic mass is 10.2. The maximum absolute atomic E-state index is 12.3. The number of anilines is 1. The minimum atomic E-state index is -0.922. The molecule has 9 heteroatoms. The fourth-order valence-electron chi connectivity index (χ4n) is 2.77. The van der Waals surface area contributed by atoms with Crippen molar-refractivity contribution in [2.24, 2.45) is 5.10 Å². The number of hydrazone groups is 1. The third-order valence-corrected chi connectivity index (χ3v) is 4.59. The van der Waals surface area contributed by atoms with Crippen molar-refractivity contribution in [1.29, 1.82) is 0 Å². The summed E-state index contributed by atoms with van der Waals surface area (Å²) >= 11 is 0. The summed E-state index contributed by atoms with van der Waals surface area (Å²) in [6, 6.07) is 19.7. The average Bonchev–Trinajstić information content (AvgIpc) is 2.89. The predicted octanol–water partition coefficient (Wildman–Crippen LogP) is 3.79. The minimum absolute atomic E-state index is 0.348. The third-order valence-electron chi connectivity index (χ3n) is 4.59. The highest BCUT2D eigenvalue weighted by Crippen LogP contribution is 2.17. The molecule has 2 N–H and O–H groups in total. The van der Waals surface area contributed by atoms with E-state index in [4.69, 9.17) is 14.2 Å². The van der Waals surface area contributed by atoms with Gasteiger partial charge in [0, 0.05) is 5.69 Å². The molecule has 2 amide bonds. The van der Waals surface area contributed by atoms with Crippen LogP contribution in [0.1, 0.15) is 29.3 Å². The van der Waals surface area contributed by atoms with Crippen molar-refractivity contribution in [1.82, 2.24) is 5.43 Å². The van der Waals surface area contributed by atoms with Gasteiger partial charge in [0.25, 0.3) is 0 Å². The standard InChI is InChI=1S/C26H25N3O6/c1-3-16-34-22-12-6-19(7-13-22)26(32)35-23-10-4-18(5-11-23)17-27-29-25(31)24(30)28-20-8-14-21(33-2)15-9-20/h4-15,17H,3,16H2,1-2H3,(H,28,30)(H,29,31)/b27-17-. The number of amides is 2. The number of carbonyl (C=O) groups excluding carboxylic acids is 3. The Kier molecular flexibility index (Phi) is 8.95. The number of nitrogens with zero attached hydrogens (tertiary/aromatic N) is 1. The van der Waals surface area contributed by atoms with Crippen molar-refractivity contribution in [2.75, 3.05) is 19.0 Å². The Hall–Kier alpha value is -4.66. The number of benzene rings is 3. The molecule has 0 bridgehead atoms. The molecular formula is C26H25N3O6. The van der Waals surface area contributed by atoms with Crippen LogP contribution in [0.25, 0.3) is 0 Å². The second-order valence-corrected chi connectivity index (χ2v) is 7.21. The van der Waals surface area contributed by atoms with Gasteiger partial charge in [0.2, 0.25) is 0 Å². The van der Waals surface area contributed by atoms with Crippen LogP contribution in [-0.2, 0) is 9.59 Å². The molecule has 0 fully saturated rings. The van der Waals surface area contributed by atoms with Crippen LogP contribution in [0.15, 0.2) is 77.9 Å². The number of methoxy groups -OCH3 is 1. The molecule has 0 unspecified atom stereocenters. The zero-order valence-corrected chi connectivity index (χ0v) is 19.3. The molecular weight excluding hydrogens is 450 g/mol. The van der Waals surface area contributed by atoms with Gasteiger partial charge in [-0.05, 0) is 84.8 Å². The van der Waals surface area contributed by atoms with Gasteiger partial charge < -0.3 is 19.5 Å². The Labute approximate surface area is 202 Å². The first-order chi connectivity index (χ1) is 17.0. The molecule has 9 nitrogen and oxygen atoms in total. The van der Waals surface area contributed by atoms with Gasteiger partial charge in [0.1, 0.15) is 17.2 Å². The van der Waals surface area contributed by atoms with Gasteiger partial charge in [-0.3, -0.25) is 9.59 Å². The topological polar surface area (TPSA) is 115 Å². The van der Waals surface area contributed by atoms with Crippen LogP contribution >= 0.6 is 0 Å². The molecule has 0 radical (unpaired) electrons. The van der Waals surface area contributed by atoms with Crippen LogP contribution < -0.4 is 25.0 Å². The lowest BCUT2D eigenvalue weighted by Crippen LogP contribution is -2.32. The van der Waals surface area contributed by atoms with Crippen LogP contribution in [0.5, 0.6) is 17.2 Å². The molecule has 0 atom stereocenters. The van der Waals surface area contributed by atoms with E-state index in [1.807, 2.05) is 6.92 Å². The van der Waals surface area contributed by atoms with E-state index in [-0.39, 0.29) is 0 Å². The number of ether oxygens (including phenoxy) is 3. The quantitative estimate of drug-likeness (QED) is 0.160. The van der Waals surface area contributed by atoms with E-state index in [9.17, 15) is 14.4 Å². The van der Waals surface area contributed by atoms with Gasteiger partial charge in [-0.15, -0.1) is 0 Å². The summed E-state index contributed by atoms with van der Waals surface area (Å²) in [7, 11) is 1.53. The van der Waals surface area contributed by atoms with E-state index in [1.54, 1.807) is 72.8 Å². The summed E-state index contributed by atoms with van der Waals surface area (Å²) in [5.41, 5.74) is 3.62. The molecule has 0 aliphatic heterocycles. The van der Waals surface area contributed by atoms with Crippen molar-refractivity contribution < 1.29 is 28.6 Å². The Balaban J connectivity index is 1.47. The highest BCUT2D eigenvalue weighted by atomic mass is 16.5. The fraction of sp³-hybridized carbons (Fsp3) is 0.154. The Morgan fingerprint density at radius 3 is 2.09 bits per heavy atom. The molecule has 0 saturated carbocycles. The zero-order valence-electron chi connectivity index (χ0n) is 19.3. The second kappa shape index (κ2) is 12.5. The molecule has 3 aromatic rings. The second-order valence-electron chi connectivity index (χ2n) is 7.21. The number of hydrogen-bond acceptors (Lipinski definition) is 7. The molecule has 180 valence electrons. The van der Waals surface area contributed by atoms with Crippen LogP contribution in [-0.4, -0.2) is 37.7 Å². The minimum Gasteiger partial charge on any atom is -0.497 e. The van der Waals surface area contributed by atoms with Crippen molar-refractivity contribution in [3.8, 4) is 17.2 Å². The fourth-order valence-corrected chi connectivity index (χ4v) is 2.77. The van der Waals surface area contributed by atoms with Gasteiger partial charge in [-0.1, -0.05) is 6.92 Å². The average molecular weight is 476 g/mol. The Bertz CT molecular complexity index is 1170. The lowest BCUT2D eigenvalue weighted by molar-refractivity contribution is -0.136. The number of carbonyl (C=O) groups is 3. The molecule has 0 aromatic heterocycles. The number of hydrogen-bond donors (Lipinski definition) is 2. The van der Waals surface area contributed by atoms with Crippen LogP contribution in [0, 0.1) is 0 Å². The predicted molar refractivity (Wildman–Crippen MR) is 131 cm³/mol. The highest BCUT2D eigenvalue weighted by molar-refractivity contribution is 6.39. The lowest BCUT2D eigenvalue weighted by Gasteiger charge is -2.07. The maximum Gasteiger partial charge on any atom is 0.343 e. The Morgan fingerprint density at radius 1 is 0.829 bits per heavy atom. The molecule has 35 heavy (non-hydrogen) atoms. The smallest absolute Gasteiger partial charge is 0.343 e. The molecule has 0 heterocycles. The number of esters is 1. The van der Waals surface area contributed by atoms with Gasteiger partial charge in [-0.2, -0.15) is 5.10 Å². The van der Waals surface area contributed by atoms with E-state index < -0.39 is 17.8 Å². The van der Waals surface area contributed by atoms with Gasteiger partial charge >= 0.3 is 17.8 Å². The van der Waals surface area contributed by atoms with Crippen molar-refractivity contribution in [3.05, 3.63) is 83.9 Å². The summed E-state index contributed by atoms with van der Waals surface area (Å²) in [4.78, 5) is 36.2. The first-order valence-electron chi connectivity index (χ1n) is 10.8. The van der Waals surface area contributed by atoms with Crippen LogP contribution in [0.2, 0.25) is 0 Å². The summed E-state index contributed by atoms with van der Waals surface area (Å²) in [6.45, 7) is 2.63. The molecule has 0 aliphatic rings. The zero-order chi connectivity index (χ0) is 25.0. The third kappa shape index (κ3) is 7.71.